The Morgan fingerprint density at radius 3 is 2.68 bits per heavy atom. The monoisotopic (exact) mass is 303 g/mol. The van der Waals surface area contributed by atoms with Crippen LogP contribution in [0.3, 0.4) is 0 Å². The van der Waals surface area contributed by atoms with Crippen molar-refractivity contribution in [2.45, 2.75) is 44.9 Å². The Hall–Kier alpha value is -2.04. The maximum absolute atomic E-state index is 12.4. The third-order valence-corrected chi connectivity index (χ3v) is 4.54. The van der Waals surface area contributed by atoms with Gasteiger partial charge in [0.05, 0.1) is 12.5 Å². The number of benzene rings is 1. The van der Waals surface area contributed by atoms with Gasteiger partial charge >= 0.3 is 12.1 Å². The molecule has 5 nitrogen and oxygen atoms in total. The number of nitrogens with zero attached hydrogens (tertiary/aromatic N) is 1. The first-order chi connectivity index (χ1) is 10.7. The van der Waals surface area contributed by atoms with Crippen LogP contribution in [0.5, 0.6) is 0 Å². The molecule has 2 fully saturated rings. The average Bonchev–Trinajstić information content (AvgIpc) is 3.12. The molecule has 0 aromatic heterocycles. The summed E-state index contributed by atoms with van der Waals surface area (Å²) in [5.41, 5.74) is 0.962. The van der Waals surface area contributed by atoms with Gasteiger partial charge in [-0.15, -0.1) is 0 Å². The molecule has 0 saturated carbocycles. The highest BCUT2D eigenvalue weighted by Crippen LogP contribution is 2.42. The molecule has 2 heterocycles. The van der Waals surface area contributed by atoms with Crippen LogP contribution < -0.4 is 0 Å². The molecule has 1 aromatic carbocycles. The molecule has 2 saturated heterocycles. The average molecular weight is 303 g/mol. The van der Waals surface area contributed by atoms with E-state index < -0.39 is 0 Å². The molecule has 22 heavy (non-hydrogen) atoms. The van der Waals surface area contributed by atoms with Gasteiger partial charge in [0.2, 0.25) is 0 Å². The maximum atomic E-state index is 12.4. The Kier molecular flexibility index (Phi) is 4.32. The number of hydrogen-bond acceptors (Lipinski definition) is 4. The third kappa shape index (κ3) is 2.80. The van der Waals surface area contributed by atoms with E-state index in [0.717, 1.165) is 18.4 Å². The summed E-state index contributed by atoms with van der Waals surface area (Å²) in [6.45, 7) is 2.45. The van der Waals surface area contributed by atoms with E-state index >= 15 is 0 Å². The predicted octanol–water partition coefficient (Wildman–Crippen LogP) is 2.74. The molecule has 3 atom stereocenters. The molecule has 2 aliphatic rings. The number of rotatable bonds is 4. The van der Waals surface area contributed by atoms with Crippen molar-refractivity contribution in [3.8, 4) is 0 Å². The molecule has 0 spiro atoms. The van der Waals surface area contributed by atoms with Gasteiger partial charge in [-0.05, 0) is 31.7 Å². The van der Waals surface area contributed by atoms with Gasteiger partial charge in [-0.3, -0.25) is 4.79 Å². The molecule has 0 radical (unpaired) electrons. The normalized spacial score (nSPS) is 26.0. The largest absolute Gasteiger partial charge is 0.466 e. The van der Waals surface area contributed by atoms with E-state index in [1.807, 2.05) is 30.3 Å². The van der Waals surface area contributed by atoms with Crippen LogP contribution in [-0.2, 0) is 20.9 Å². The molecule has 118 valence electrons. The second kappa shape index (κ2) is 6.38. The first-order valence-electron chi connectivity index (χ1n) is 7.86. The molecule has 1 aromatic rings. The Balaban J connectivity index is 1.60. The summed E-state index contributed by atoms with van der Waals surface area (Å²) in [6.07, 6.45) is 2.18. The first-order valence-corrected chi connectivity index (χ1v) is 7.86. The fourth-order valence-electron chi connectivity index (χ4n) is 3.57. The zero-order valence-corrected chi connectivity index (χ0v) is 12.7. The van der Waals surface area contributed by atoms with E-state index in [2.05, 4.69) is 0 Å². The number of fused-ring (bicyclic) bond motifs is 2. The molecule has 3 unspecified atom stereocenters. The van der Waals surface area contributed by atoms with Gasteiger partial charge in [-0.25, -0.2) is 4.79 Å². The van der Waals surface area contributed by atoms with E-state index in [4.69, 9.17) is 9.47 Å². The summed E-state index contributed by atoms with van der Waals surface area (Å²) in [5.74, 6) is -0.376. The molecular weight excluding hydrogens is 282 g/mol. The lowest BCUT2D eigenvalue weighted by Crippen LogP contribution is -2.38. The molecule has 2 bridgehead atoms. The second-order valence-corrected chi connectivity index (χ2v) is 5.84. The van der Waals surface area contributed by atoms with Gasteiger partial charge in [0.25, 0.3) is 0 Å². The highest BCUT2D eigenvalue weighted by atomic mass is 16.6. The lowest BCUT2D eigenvalue weighted by atomic mass is 9.89. The maximum Gasteiger partial charge on any atom is 0.410 e. The summed E-state index contributed by atoms with van der Waals surface area (Å²) in [7, 11) is 0. The summed E-state index contributed by atoms with van der Waals surface area (Å²) < 4.78 is 10.5. The fourth-order valence-corrected chi connectivity index (χ4v) is 3.57. The van der Waals surface area contributed by atoms with Crippen LogP contribution in [0.1, 0.15) is 31.7 Å². The van der Waals surface area contributed by atoms with E-state index in [1.54, 1.807) is 11.8 Å². The molecule has 3 rings (SSSR count). The second-order valence-electron chi connectivity index (χ2n) is 5.84. The quantitative estimate of drug-likeness (QED) is 0.803. The van der Waals surface area contributed by atoms with Crippen molar-refractivity contribution in [3.63, 3.8) is 0 Å². The summed E-state index contributed by atoms with van der Waals surface area (Å²) in [6, 6.07) is 9.66. The molecule has 1 amide bonds. The molecular formula is C17H21NO4. The van der Waals surface area contributed by atoms with Crippen LogP contribution in [0.4, 0.5) is 4.79 Å². The van der Waals surface area contributed by atoms with E-state index in [0.29, 0.717) is 13.0 Å². The Morgan fingerprint density at radius 2 is 1.95 bits per heavy atom. The van der Waals surface area contributed by atoms with Crippen molar-refractivity contribution in [1.82, 2.24) is 4.90 Å². The molecule has 0 N–H and O–H groups in total. The Morgan fingerprint density at radius 1 is 1.18 bits per heavy atom. The number of esters is 1. The number of ether oxygens (including phenoxy) is 2. The minimum Gasteiger partial charge on any atom is -0.466 e. The van der Waals surface area contributed by atoms with E-state index in [-0.39, 0.29) is 36.7 Å². The standard InChI is InChI=1S/C17H21NO4/c1-2-21-16(19)14-10-13-8-9-15(14)18(13)17(20)22-11-12-6-4-3-5-7-12/h3-7,13-15H,2,8-11H2,1H3. The number of hydrogen-bond donors (Lipinski definition) is 0. The van der Waals surface area contributed by atoms with Crippen LogP contribution in [0.2, 0.25) is 0 Å². The van der Waals surface area contributed by atoms with Gasteiger partial charge in [0.1, 0.15) is 6.61 Å². The minimum atomic E-state index is -0.317. The zero-order chi connectivity index (χ0) is 15.5. The van der Waals surface area contributed by atoms with Gasteiger partial charge in [0.15, 0.2) is 0 Å². The van der Waals surface area contributed by atoms with Crippen molar-refractivity contribution in [1.29, 1.82) is 0 Å². The first kappa shape index (κ1) is 14.9. The van der Waals surface area contributed by atoms with Crippen LogP contribution in [0.25, 0.3) is 0 Å². The van der Waals surface area contributed by atoms with Gasteiger partial charge in [0, 0.05) is 12.1 Å². The highest BCUT2D eigenvalue weighted by Gasteiger charge is 2.52. The van der Waals surface area contributed by atoms with Crippen LogP contribution >= 0.6 is 0 Å². The zero-order valence-electron chi connectivity index (χ0n) is 12.7. The predicted molar refractivity (Wildman–Crippen MR) is 80.0 cm³/mol. The number of amides is 1. The molecule has 0 aliphatic carbocycles. The summed E-state index contributed by atoms with van der Waals surface area (Å²) in [5, 5.41) is 0. The lowest BCUT2D eigenvalue weighted by molar-refractivity contribution is -0.148. The Labute approximate surface area is 130 Å². The van der Waals surface area contributed by atoms with Crippen molar-refractivity contribution in [3.05, 3.63) is 35.9 Å². The topological polar surface area (TPSA) is 55.8 Å². The van der Waals surface area contributed by atoms with Crippen molar-refractivity contribution >= 4 is 12.1 Å². The summed E-state index contributed by atoms with van der Waals surface area (Å²) in [4.78, 5) is 26.1. The van der Waals surface area contributed by atoms with E-state index in [1.165, 1.54) is 0 Å². The summed E-state index contributed by atoms with van der Waals surface area (Å²) >= 11 is 0. The van der Waals surface area contributed by atoms with Crippen LogP contribution in [-0.4, -0.2) is 35.7 Å². The fraction of sp³-hybridized carbons (Fsp3) is 0.529. The smallest absolute Gasteiger partial charge is 0.410 e. The lowest BCUT2D eigenvalue weighted by Gasteiger charge is -2.23. The van der Waals surface area contributed by atoms with Gasteiger partial charge < -0.3 is 14.4 Å². The van der Waals surface area contributed by atoms with E-state index in [9.17, 15) is 9.59 Å². The highest BCUT2D eigenvalue weighted by molar-refractivity contribution is 5.77. The van der Waals surface area contributed by atoms with Crippen LogP contribution in [0, 0.1) is 5.92 Å². The van der Waals surface area contributed by atoms with Gasteiger partial charge in [-0.1, -0.05) is 30.3 Å². The van der Waals surface area contributed by atoms with Crippen LogP contribution in [0.15, 0.2) is 30.3 Å². The number of carbonyl (C=O) groups excluding carboxylic acids is 2. The SMILES string of the molecule is CCOC(=O)C1CC2CCC1N2C(=O)OCc1ccccc1. The number of carbonyl (C=O) groups is 2. The minimum absolute atomic E-state index is 0.0627. The van der Waals surface area contributed by atoms with Crippen molar-refractivity contribution in [2.75, 3.05) is 6.61 Å². The van der Waals surface area contributed by atoms with Gasteiger partial charge in [-0.2, -0.15) is 0 Å². The third-order valence-electron chi connectivity index (χ3n) is 4.54. The van der Waals surface area contributed by atoms with Crippen molar-refractivity contribution in [2.24, 2.45) is 5.92 Å². The van der Waals surface area contributed by atoms with Crippen molar-refractivity contribution < 1.29 is 19.1 Å². The molecule has 2 aliphatic heterocycles. The Bertz CT molecular complexity index is 545. The molecule has 5 heteroatoms.